The van der Waals surface area contributed by atoms with E-state index in [0.717, 1.165) is 19.5 Å². The van der Waals surface area contributed by atoms with Gasteiger partial charge in [0.25, 0.3) is 0 Å². The van der Waals surface area contributed by atoms with Crippen molar-refractivity contribution in [3.63, 3.8) is 0 Å². The van der Waals surface area contributed by atoms with Gasteiger partial charge < -0.3 is 16.0 Å². The molecule has 0 aliphatic carbocycles. The van der Waals surface area contributed by atoms with E-state index in [1.165, 1.54) is 6.07 Å². The van der Waals surface area contributed by atoms with Gasteiger partial charge in [0.05, 0.1) is 5.69 Å². The molecule has 0 amide bonds. The minimum absolute atomic E-state index is 0.219. The average molecular weight is 253 g/mol. The lowest BCUT2D eigenvalue weighted by atomic mass is 10.1. The predicted molar refractivity (Wildman–Crippen MR) is 71.8 cm³/mol. The number of hydrogen-bond donors (Lipinski definition) is 2. The summed E-state index contributed by atoms with van der Waals surface area (Å²) in [7, 11) is 2.06. The maximum atomic E-state index is 13.8. The number of benzene rings is 1. The summed E-state index contributed by atoms with van der Waals surface area (Å²) in [6.45, 7) is 1.99. The highest BCUT2D eigenvalue weighted by molar-refractivity contribution is 7.80. The lowest BCUT2D eigenvalue weighted by molar-refractivity contribution is 0.414. The van der Waals surface area contributed by atoms with Crippen LogP contribution in [0, 0.1) is 5.82 Å². The van der Waals surface area contributed by atoms with Crippen LogP contribution in [-0.2, 0) is 0 Å². The van der Waals surface area contributed by atoms with Crippen LogP contribution in [0.5, 0.6) is 0 Å². The Labute approximate surface area is 106 Å². The van der Waals surface area contributed by atoms with E-state index in [2.05, 4.69) is 17.3 Å². The van der Waals surface area contributed by atoms with E-state index in [1.54, 1.807) is 12.1 Å². The number of nitrogens with one attached hydrogen (secondary N) is 1. The van der Waals surface area contributed by atoms with Crippen LogP contribution in [-0.4, -0.2) is 36.1 Å². The van der Waals surface area contributed by atoms with E-state index in [1.807, 2.05) is 0 Å². The molecule has 0 saturated carbocycles. The summed E-state index contributed by atoms with van der Waals surface area (Å²) in [5.74, 6) is -0.301. The molecule has 0 bridgehead atoms. The summed E-state index contributed by atoms with van der Waals surface area (Å²) < 4.78 is 13.8. The van der Waals surface area contributed by atoms with Crippen molar-refractivity contribution in [1.82, 2.24) is 4.90 Å². The third kappa shape index (κ3) is 2.92. The second kappa shape index (κ2) is 4.98. The SMILES string of the molecule is CN1CCC(Nc2ccc(C(N)=S)cc2F)C1. The van der Waals surface area contributed by atoms with Crippen LogP contribution in [0.25, 0.3) is 0 Å². The Kier molecular flexibility index (Phi) is 3.59. The second-order valence-electron chi connectivity index (χ2n) is 4.45. The monoisotopic (exact) mass is 253 g/mol. The number of rotatable bonds is 3. The van der Waals surface area contributed by atoms with Gasteiger partial charge in [0.1, 0.15) is 10.8 Å². The molecule has 3 N–H and O–H groups in total. The first-order chi connectivity index (χ1) is 8.06. The van der Waals surface area contributed by atoms with Crippen molar-refractivity contribution >= 4 is 22.9 Å². The van der Waals surface area contributed by atoms with Gasteiger partial charge in [-0.05, 0) is 38.2 Å². The molecule has 1 aromatic rings. The van der Waals surface area contributed by atoms with Gasteiger partial charge >= 0.3 is 0 Å². The first kappa shape index (κ1) is 12.3. The first-order valence-electron chi connectivity index (χ1n) is 5.60. The number of nitrogens with zero attached hydrogens (tertiary/aromatic N) is 1. The highest BCUT2D eigenvalue weighted by atomic mass is 32.1. The zero-order valence-corrected chi connectivity index (χ0v) is 10.6. The number of likely N-dealkylation sites (tertiary alicyclic amines) is 1. The third-order valence-corrected chi connectivity index (χ3v) is 3.24. The van der Waals surface area contributed by atoms with Gasteiger partial charge in [-0.3, -0.25) is 0 Å². The van der Waals surface area contributed by atoms with Crippen molar-refractivity contribution in [2.75, 3.05) is 25.5 Å². The highest BCUT2D eigenvalue weighted by Gasteiger charge is 2.20. The molecule has 0 spiro atoms. The summed E-state index contributed by atoms with van der Waals surface area (Å²) in [4.78, 5) is 2.44. The molecule has 1 aliphatic rings. The molecule has 1 aromatic carbocycles. The van der Waals surface area contributed by atoms with Gasteiger partial charge in [-0.15, -0.1) is 0 Å². The van der Waals surface area contributed by atoms with Crippen LogP contribution in [0.2, 0.25) is 0 Å². The average Bonchev–Trinajstić information content (AvgIpc) is 2.67. The standard InChI is InChI=1S/C12H16FN3S/c1-16-5-4-9(7-16)15-11-3-2-8(12(14)17)6-10(11)13/h2-3,6,9,15H,4-5,7H2,1H3,(H2,14,17). The molecule has 1 unspecified atom stereocenters. The maximum Gasteiger partial charge on any atom is 0.146 e. The highest BCUT2D eigenvalue weighted by Crippen LogP contribution is 2.19. The lowest BCUT2D eigenvalue weighted by Crippen LogP contribution is -2.24. The number of anilines is 1. The summed E-state index contributed by atoms with van der Waals surface area (Å²) in [6, 6.07) is 5.13. The van der Waals surface area contributed by atoms with Crippen molar-refractivity contribution < 1.29 is 4.39 Å². The molecule has 1 aliphatic heterocycles. The van der Waals surface area contributed by atoms with Crippen LogP contribution < -0.4 is 11.1 Å². The van der Waals surface area contributed by atoms with Gasteiger partial charge in [-0.1, -0.05) is 12.2 Å². The van der Waals surface area contributed by atoms with E-state index in [0.29, 0.717) is 17.3 Å². The van der Waals surface area contributed by atoms with Gasteiger partial charge in [0, 0.05) is 18.2 Å². The van der Waals surface area contributed by atoms with E-state index >= 15 is 0 Å². The van der Waals surface area contributed by atoms with E-state index in [9.17, 15) is 4.39 Å². The smallest absolute Gasteiger partial charge is 0.146 e. The molecule has 17 heavy (non-hydrogen) atoms. The van der Waals surface area contributed by atoms with Crippen molar-refractivity contribution in [1.29, 1.82) is 0 Å². The Balaban J connectivity index is 2.09. The van der Waals surface area contributed by atoms with E-state index in [4.69, 9.17) is 18.0 Å². The number of thiocarbonyl (C=S) groups is 1. The molecule has 1 fully saturated rings. The molecule has 1 atom stereocenters. The van der Waals surface area contributed by atoms with Gasteiger partial charge in [-0.2, -0.15) is 0 Å². The van der Waals surface area contributed by atoms with Gasteiger partial charge in [-0.25, -0.2) is 4.39 Å². The fourth-order valence-corrected chi connectivity index (χ4v) is 2.19. The molecular weight excluding hydrogens is 237 g/mol. The summed E-state index contributed by atoms with van der Waals surface area (Å²) in [6.07, 6.45) is 1.03. The molecule has 3 nitrogen and oxygen atoms in total. The Morgan fingerprint density at radius 3 is 2.88 bits per heavy atom. The second-order valence-corrected chi connectivity index (χ2v) is 4.89. The minimum Gasteiger partial charge on any atom is -0.389 e. The van der Waals surface area contributed by atoms with Crippen LogP contribution in [0.15, 0.2) is 18.2 Å². The normalized spacial score (nSPS) is 20.5. The molecule has 1 saturated heterocycles. The van der Waals surface area contributed by atoms with Crippen LogP contribution >= 0.6 is 12.2 Å². The number of halogens is 1. The van der Waals surface area contributed by atoms with Crippen molar-refractivity contribution in [3.05, 3.63) is 29.6 Å². The Morgan fingerprint density at radius 1 is 1.59 bits per heavy atom. The molecule has 92 valence electrons. The third-order valence-electron chi connectivity index (χ3n) is 3.00. The Bertz CT molecular complexity index is 436. The fourth-order valence-electron chi connectivity index (χ4n) is 2.06. The molecule has 0 aromatic heterocycles. The molecule has 0 radical (unpaired) electrons. The largest absolute Gasteiger partial charge is 0.389 e. The zero-order chi connectivity index (χ0) is 12.4. The van der Waals surface area contributed by atoms with Gasteiger partial charge in [0.2, 0.25) is 0 Å². The van der Waals surface area contributed by atoms with Crippen molar-refractivity contribution in [2.45, 2.75) is 12.5 Å². The first-order valence-corrected chi connectivity index (χ1v) is 6.01. The van der Waals surface area contributed by atoms with E-state index < -0.39 is 0 Å². The summed E-state index contributed by atoms with van der Waals surface area (Å²) in [5.41, 5.74) is 6.53. The summed E-state index contributed by atoms with van der Waals surface area (Å²) >= 11 is 4.81. The fraction of sp³-hybridized carbons (Fsp3) is 0.417. The Hall–Kier alpha value is -1.20. The van der Waals surface area contributed by atoms with E-state index in [-0.39, 0.29) is 10.8 Å². The minimum atomic E-state index is -0.301. The zero-order valence-electron chi connectivity index (χ0n) is 9.74. The molecule has 5 heteroatoms. The predicted octanol–water partition coefficient (Wildman–Crippen LogP) is 1.58. The van der Waals surface area contributed by atoms with Gasteiger partial charge in [0.15, 0.2) is 0 Å². The van der Waals surface area contributed by atoms with Crippen molar-refractivity contribution in [2.24, 2.45) is 5.73 Å². The summed E-state index contributed by atoms with van der Waals surface area (Å²) in [5, 5.41) is 3.20. The number of hydrogen-bond acceptors (Lipinski definition) is 3. The van der Waals surface area contributed by atoms with Crippen LogP contribution in [0.3, 0.4) is 0 Å². The topological polar surface area (TPSA) is 41.3 Å². The molecular formula is C12H16FN3S. The lowest BCUT2D eigenvalue weighted by Gasteiger charge is -2.15. The quantitative estimate of drug-likeness (QED) is 0.803. The number of nitrogens with two attached hydrogens (primary N) is 1. The molecule has 2 rings (SSSR count). The van der Waals surface area contributed by atoms with Crippen LogP contribution in [0.1, 0.15) is 12.0 Å². The maximum absolute atomic E-state index is 13.8. The van der Waals surface area contributed by atoms with Crippen LogP contribution in [0.4, 0.5) is 10.1 Å². The molecule has 1 heterocycles. The van der Waals surface area contributed by atoms with Crippen molar-refractivity contribution in [3.8, 4) is 0 Å². The number of likely N-dealkylation sites (N-methyl/N-ethyl adjacent to an activating group) is 1. The Morgan fingerprint density at radius 2 is 2.35 bits per heavy atom.